The molecule has 19 heavy (non-hydrogen) atoms. The van der Waals surface area contributed by atoms with Gasteiger partial charge in [-0.25, -0.2) is 4.18 Å². The number of nitrogens with one attached hydrogen (secondary N) is 1. The van der Waals surface area contributed by atoms with E-state index < -0.39 is 53.6 Å². The van der Waals surface area contributed by atoms with Gasteiger partial charge in [0.1, 0.15) is 24.4 Å². The molecule has 5 N–H and O–H groups in total. The highest BCUT2D eigenvalue weighted by Gasteiger charge is 2.47. The SMILES string of the molecule is CC(=O)N[C@H]1[C@@H](OS(=O)(=O)O)[C@H](O)[C@@H](CO)O[C@H]1O. The van der Waals surface area contributed by atoms with Crippen molar-refractivity contribution in [2.75, 3.05) is 6.61 Å². The van der Waals surface area contributed by atoms with Gasteiger partial charge < -0.3 is 25.4 Å². The van der Waals surface area contributed by atoms with Crippen LogP contribution in [0, 0.1) is 0 Å². The highest BCUT2D eigenvalue weighted by molar-refractivity contribution is 7.80. The van der Waals surface area contributed by atoms with E-state index in [0.29, 0.717) is 0 Å². The molecular weight excluding hydrogens is 286 g/mol. The Labute approximate surface area is 108 Å². The predicted molar refractivity (Wildman–Crippen MR) is 58.0 cm³/mol. The first-order valence-corrected chi connectivity index (χ1v) is 6.57. The third kappa shape index (κ3) is 4.35. The molecule has 1 aliphatic rings. The molecule has 5 atom stereocenters. The van der Waals surface area contributed by atoms with Crippen LogP contribution in [0.1, 0.15) is 6.92 Å². The maximum Gasteiger partial charge on any atom is 0.397 e. The first kappa shape index (κ1) is 16.2. The lowest BCUT2D eigenvalue weighted by molar-refractivity contribution is -0.249. The van der Waals surface area contributed by atoms with E-state index in [0.717, 1.165) is 6.92 Å². The number of amides is 1. The Balaban J connectivity index is 3.00. The Kier molecular flexibility index (Phi) is 5.20. The van der Waals surface area contributed by atoms with Crippen LogP contribution in [0.25, 0.3) is 0 Å². The van der Waals surface area contributed by atoms with Gasteiger partial charge in [-0.2, -0.15) is 8.42 Å². The molecule has 0 aliphatic carbocycles. The first-order valence-electron chi connectivity index (χ1n) is 5.21. The van der Waals surface area contributed by atoms with Crippen molar-refractivity contribution in [3.63, 3.8) is 0 Å². The topological polar surface area (TPSA) is 163 Å². The molecule has 0 unspecified atom stereocenters. The van der Waals surface area contributed by atoms with E-state index >= 15 is 0 Å². The normalized spacial score (nSPS) is 35.9. The number of carbonyl (C=O) groups is 1. The van der Waals surface area contributed by atoms with Crippen molar-refractivity contribution in [3.05, 3.63) is 0 Å². The van der Waals surface area contributed by atoms with E-state index in [1.165, 1.54) is 0 Å². The molecule has 1 fully saturated rings. The molecule has 1 saturated heterocycles. The number of aliphatic hydroxyl groups is 3. The lowest BCUT2D eigenvalue weighted by Gasteiger charge is -2.41. The van der Waals surface area contributed by atoms with Crippen LogP contribution in [0.15, 0.2) is 0 Å². The van der Waals surface area contributed by atoms with Gasteiger partial charge in [0, 0.05) is 6.92 Å². The zero-order chi connectivity index (χ0) is 14.8. The molecule has 0 spiro atoms. The summed E-state index contributed by atoms with van der Waals surface area (Å²) in [6, 6.07) is -1.43. The largest absolute Gasteiger partial charge is 0.397 e. The lowest BCUT2D eigenvalue weighted by atomic mass is 9.97. The average Bonchev–Trinajstić information content (AvgIpc) is 2.26. The summed E-state index contributed by atoms with van der Waals surface area (Å²) < 4.78 is 39.0. The zero-order valence-corrected chi connectivity index (χ0v) is 10.6. The molecule has 11 heteroatoms. The third-order valence-electron chi connectivity index (χ3n) is 2.48. The molecule has 1 rings (SSSR count). The minimum absolute atomic E-state index is 0.647. The number of rotatable bonds is 4. The first-order chi connectivity index (χ1) is 8.65. The van der Waals surface area contributed by atoms with Crippen LogP contribution in [0.2, 0.25) is 0 Å². The second kappa shape index (κ2) is 6.09. The number of hydrogen-bond acceptors (Lipinski definition) is 8. The fourth-order valence-corrected chi connectivity index (χ4v) is 2.24. The van der Waals surface area contributed by atoms with Gasteiger partial charge in [-0.15, -0.1) is 0 Å². The zero-order valence-electron chi connectivity index (χ0n) is 9.83. The molecule has 0 bridgehead atoms. The van der Waals surface area contributed by atoms with Gasteiger partial charge in [-0.1, -0.05) is 0 Å². The molecule has 1 heterocycles. The summed E-state index contributed by atoms with van der Waals surface area (Å²) >= 11 is 0. The van der Waals surface area contributed by atoms with Crippen molar-refractivity contribution in [2.24, 2.45) is 0 Å². The van der Waals surface area contributed by atoms with Crippen molar-refractivity contribution >= 4 is 16.3 Å². The monoisotopic (exact) mass is 301 g/mol. The fourth-order valence-electron chi connectivity index (χ4n) is 1.73. The van der Waals surface area contributed by atoms with E-state index in [9.17, 15) is 23.4 Å². The molecule has 10 nitrogen and oxygen atoms in total. The van der Waals surface area contributed by atoms with Crippen molar-refractivity contribution < 1.29 is 42.0 Å². The van der Waals surface area contributed by atoms with Crippen LogP contribution >= 0.6 is 0 Å². The van der Waals surface area contributed by atoms with Gasteiger partial charge in [-0.05, 0) is 0 Å². The van der Waals surface area contributed by atoms with Gasteiger partial charge in [0.2, 0.25) is 5.91 Å². The number of carbonyl (C=O) groups excluding carboxylic acids is 1. The minimum Gasteiger partial charge on any atom is -0.394 e. The standard InChI is InChI=1S/C8H15NO9S/c1-3(11)9-5-7(18-19(14,15)16)6(12)4(2-10)17-8(5)13/h4-8,10,12-13H,2H2,1H3,(H,9,11)(H,14,15,16)/t4-,5+,6-,7-,8-/m1/s1. The predicted octanol–water partition coefficient (Wildman–Crippen LogP) is -3.25. The molecule has 0 radical (unpaired) electrons. The van der Waals surface area contributed by atoms with Crippen LogP contribution in [0.3, 0.4) is 0 Å². The van der Waals surface area contributed by atoms with Crippen molar-refractivity contribution in [2.45, 2.75) is 37.6 Å². The number of hydrogen-bond donors (Lipinski definition) is 5. The van der Waals surface area contributed by atoms with E-state index in [2.05, 4.69) is 9.50 Å². The van der Waals surface area contributed by atoms with Gasteiger partial charge in [-0.3, -0.25) is 9.35 Å². The third-order valence-corrected chi connectivity index (χ3v) is 2.94. The Morgan fingerprint density at radius 1 is 1.42 bits per heavy atom. The van der Waals surface area contributed by atoms with Crippen molar-refractivity contribution in [1.82, 2.24) is 5.32 Å². The summed E-state index contributed by atoms with van der Waals surface area (Å²) in [7, 11) is -4.94. The Morgan fingerprint density at radius 2 is 2.00 bits per heavy atom. The molecule has 1 amide bonds. The molecule has 0 aromatic carbocycles. The van der Waals surface area contributed by atoms with E-state index in [1.807, 2.05) is 0 Å². The summed E-state index contributed by atoms with van der Waals surface area (Å²) in [5.41, 5.74) is 0. The second-order valence-corrected chi connectivity index (χ2v) is 5.00. The van der Waals surface area contributed by atoms with Gasteiger partial charge in [0.25, 0.3) is 0 Å². The molecular formula is C8H15NO9S. The maximum atomic E-state index is 11.0. The summed E-state index contributed by atoms with van der Waals surface area (Å²) in [4.78, 5) is 11.0. The molecule has 112 valence electrons. The van der Waals surface area contributed by atoms with Crippen LogP contribution in [-0.4, -0.2) is 71.4 Å². The Bertz CT molecular complexity index is 424. The summed E-state index contributed by atoms with van der Waals surface area (Å²) in [5.74, 6) is -0.647. The molecule has 0 saturated carbocycles. The van der Waals surface area contributed by atoms with Crippen LogP contribution in [0.4, 0.5) is 0 Å². The second-order valence-electron chi connectivity index (χ2n) is 3.95. The van der Waals surface area contributed by atoms with Gasteiger partial charge in [0.15, 0.2) is 6.29 Å². The minimum atomic E-state index is -4.94. The summed E-state index contributed by atoms with van der Waals surface area (Å²) in [5, 5.41) is 30.4. The van der Waals surface area contributed by atoms with Gasteiger partial charge in [0.05, 0.1) is 6.61 Å². The van der Waals surface area contributed by atoms with Crippen LogP contribution in [-0.2, 0) is 24.1 Å². The van der Waals surface area contributed by atoms with Crippen LogP contribution in [0.5, 0.6) is 0 Å². The maximum absolute atomic E-state index is 11.0. The van der Waals surface area contributed by atoms with Crippen molar-refractivity contribution in [1.29, 1.82) is 0 Å². The summed E-state index contributed by atoms with van der Waals surface area (Å²) in [6.45, 7) is 0.359. The highest BCUT2D eigenvalue weighted by Crippen LogP contribution is 2.23. The van der Waals surface area contributed by atoms with Crippen molar-refractivity contribution in [3.8, 4) is 0 Å². The quantitative estimate of drug-likeness (QED) is 0.335. The average molecular weight is 301 g/mol. The molecule has 0 aromatic rings. The Hall–Kier alpha value is -0.820. The molecule has 1 aliphatic heterocycles. The Morgan fingerprint density at radius 3 is 2.42 bits per heavy atom. The number of aliphatic hydroxyl groups excluding tert-OH is 3. The van der Waals surface area contributed by atoms with E-state index in [1.54, 1.807) is 0 Å². The fraction of sp³-hybridized carbons (Fsp3) is 0.875. The van der Waals surface area contributed by atoms with Gasteiger partial charge >= 0.3 is 10.4 Å². The number of ether oxygens (including phenoxy) is 1. The molecule has 0 aromatic heterocycles. The highest BCUT2D eigenvalue weighted by atomic mass is 32.3. The van der Waals surface area contributed by atoms with E-state index in [4.69, 9.17) is 14.4 Å². The van der Waals surface area contributed by atoms with Crippen LogP contribution < -0.4 is 5.32 Å². The smallest absolute Gasteiger partial charge is 0.394 e. The lowest BCUT2D eigenvalue weighted by Crippen LogP contribution is -2.65. The summed E-state index contributed by atoms with van der Waals surface area (Å²) in [6.07, 6.45) is -6.45. The van der Waals surface area contributed by atoms with E-state index in [-0.39, 0.29) is 0 Å².